The van der Waals surface area contributed by atoms with Gasteiger partial charge in [0.2, 0.25) is 0 Å². The third kappa shape index (κ3) is 2.73. The summed E-state index contributed by atoms with van der Waals surface area (Å²) in [5, 5.41) is 8.93. The maximum Gasteiger partial charge on any atom is 0.346 e. The zero-order valence-corrected chi connectivity index (χ0v) is 12.7. The molecule has 114 valence electrons. The largest absolute Gasteiger partial charge is 0.459 e. The van der Waals surface area contributed by atoms with Crippen molar-refractivity contribution in [1.82, 2.24) is 19.7 Å². The van der Waals surface area contributed by atoms with E-state index >= 15 is 0 Å². The molecule has 0 fully saturated rings. The zero-order chi connectivity index (χ0) is 15.5. The number of hydrogen-bond acceptors (Lipinski definition) is 5. The average molecular weight is 318 g/mol. The first-order valence-corrected chi connectivity index (χ1v) is 7.54. The predicted molar refractivity (Wildman–Crippen MR) is 81.8 cm³/mol. The molecule has 0 aliphatic rings. The average Bonchev–Trinajstić information content (AvgIpc) is 3.24. The molecule has 0 saturated heterocycles. The summed E-state index contributed by atoms with van der Waals surface area (Å²) in [5.74, 6) is 0.553. The second-order valence-corrected chi connectivity index (χ2v) is 5.55. The summed E-state index contributed by atoms with van der Waals surface area (Å²) in [4.78, 5) is 24.8. The number of furan rings is 1. The molecule has 0 aliphatic carbocycles. The Kier molecular flexibility index (Phi) is 3.92. The Morgan fingerprint density at radius 1 is 1.41 bits per heavy atom. The number of nitrogens with one attached hydrogen (secondary N) is 1. The molecule has 0 atom stereocenters. The number of rotatable bonds is 5. The third-order valence-electron chi connectivity index (χ3n) is 3.14. The quantitative estimate of drug-likeness (QED) is 0.769. The fraction of sp³-hybridized carbons (Fsp3) is 0.214. The minimum Gasteiger partial charge on any atom is -0.459 e. The lowest BCUT2D eigenvalue weighted by molar-refractivity contribution is 0.0924. The molecule has 3 rings (SSSR count). The minimum absolute atomic E-state index is 0.212. The number of aromatic nitrogens is 3. The normalized spacial score (nSPS) is 10.8. The van der Waals surface area contributed by atoms with Gasteiger partial charge in [-0.3, -0.25) is 9.36 Å². The Morgan fingerprint density at radius 2 is 2.27 bits per heavy atom. The standard InChI is InChI=1S/C14H14N4O3S/c1-17-12(11-5-3-9-22-11)16-18(14(17)20)7-6-15-13(19)10-4-2-8-21-10/h2-5,8-9H,6-7H2,1H3,(H,15,19). The van der Waals surface area contributed by atoms with Gasteiger partial charge in [0, 0.05) is 13.6 Å². The molecule has 22 heavy (non-hydrogen) atoms. The van der Waals surface area contributed by atoms with Crippen LogP contribution in [0.15, 0.2) is 45.1 Å². The molecule has 3 aromatic rings. The van der Waals surface area contributed by atoms with E-state index in [-0.39, 0.29) is 17.4 Å². The molecule has 0 bridgehead atoms. The highest BCUT2D eigenvalue weighted by Crippen LogP contribution is 2.20. The Morgan fingerprint density at radius 3 is 2.95 bits per heavy atom. The highest BCUT2D eigenvalue weighted by atomic mass is 32.1. The summed E-state index contributed by atoms with van der Waals surface area (Å²) in [6, 6.07) is 7.05. The Hall–Kier alpha value is -2.61. The van der Waals surface area contributed by atoms with Crippen molar-refractivity contribution in [3.8, 4) is 10.7 Å². The summed E-state index contributed by atoms with van der Waals surface area (Å²) in [6.07, 6.45) is 1.44. The number of amides is 1. The van der Waals surface area contributed by atoms with E-state index < -0.39 is 0 Å². The molecule has 0 saturated carbocycles. The SMILES string of the molecule is Cn1c(-c2cccs2)nn(CCNC(=O)c2ccco2)c1=O. The first-order chi connectivity index (χ1) is 10.7. The van der Waals surface area contributed by atoms with E-state index in [2.05, 4.69) is 10.4 Å². The van der Waals surface area contributed by atoms with Gasteiger partial charge in [-0.05, 0) is 23.6 Å². The molecule has 3 heterocycles. The van der Waals surface area contributed by atoms with Gasteiger partial charge in [0.15, 0.2) is 11.6 Å². The lowest BCUT2D eigenvalue weighted by Crippen LogP contribution is -2.31. The van der Waals surface area contributed by atoms with E-state index in [4.69, 9.17) is 4.42 Å². The number of carbonyl (C=O) groups excluding carboxylic acids is 1. The Bertz CT molecular complexity index is 815. The van der Waals surface area contributed by atoms with E-state index in [1.807, 2.05) is 17.5 Å². The molecule has 0 spiro atoms. The first kappa shape index (κ1) is 14.3. The van der Waals surface area contributed by atoms with Gasteiger partial charge >= 0.3 is 5.69 Å². The molecule has 0 aliphatic heterocycles. The number of thiophene rings is 1. The van der Waals surface area contributed by atoms with Crippen molar-refractivity contribution in [2.75, 3.05) is 6.54 Å². The van der Waals surface area contributed by atoms with Crippen molar-refractivity contribution >= 4 is 17.2 Å². The van der Waals surface area contributed by atoms with Crippen LogP contribution in [0.4, 0.5) is 0 Å². The molecule has 0 aromatic carbocycles. The van der Waals surface area contributed by atoms with Crippen LogP contribution in [-0.4, -0.2) is 26.8 Å². The monoisotopic (exact) mass is 318 g/mol. The van der Waals surface area contributed by atoms with Crippen molar-refractivity contribution < 1.29 is 9.21 Å². The molecular weight excluding hydrogens is 304 g/mol. The summed E-state index contributed by atoms with van der Waals surface area (Å²) in [7, 11) is 1.68. The van der Waals surface area contributed by atoms with Crippen molar-refractivity contribution in [2.45, 2.75) is 6.54 Å². The van der Waals surface area contributed by atoms with Gasteiger partial charge in [0.25, 0.3) is 5.91 Å². The van der Waals surface area contributed by atoms with E-state index in [9.17, 15) is 9.59 Å². The van der Waals surface area contributed by atoms with E-state index in [1.54, 1.807) is 19.2 Å². The molecule has 0 radical (unpaired) electrons. The van der Waals surface area contributed by atoms with Gasteiger partial charge in [0.05, 0.1) is 17.7 Å². The maximum atomic E-state index is 12.1. The van der Waals surface area contributed by atoms with Crippen molar-refractivity contribution in [3.05, 3.63) is 52.2 Å². The number of carbonyl (C=O) groups is 1. The minimum atomic E-state index is -0.313. The second-order valence-electron chi connectivity index (χ2n) is 4.60. The van der Waals surface area contributed by atoms with Crippen LogP contribution in [0.3, 0.4) is 0 Å². The Labute approximate surface area is 129 Å². The van der Waals surface area contributed by atoms with Gasteiger partial charge in [-0.1, -0.05) is 6.07 Å². The van der Waals surface area contributed by atoms with Gasteiger partial charge in [-0.25, -0.2) is 9.48 Å². The van der Waals surface area contributed by atoms with Gasteiger partial charge < -0.3 is 9.73 Å². The lowest BCUT2D eigenvalue weighted by Gasteiger charge is -2.02. The fourth-order valence-corrected chi connectivity index (χ4v) is 2.77. The van der Waals surface area contributed by atoms with Gasteiger partial charge in [-0.15, -0.1) is 16.4 Å². The molecule has 3 aromatic heterocycles. The van der Waals surface area contributed by atoms with E-state index in [0.29, 0.717) is 18.9 Å². The van der Waals surface area contributed by atoms with Crippen molar-refractivity contribution in [2.24, 2.45) is 7.05 Å². The topological polar surface area (TPSA) is 82.1 Å². The van der Waals surface area contributed by atoms with Crippen LogP contribution in [0.5, 0.6) is 0 Å². The molecule has 0 unspecified atom stereocenters. The van der Waals surface area contributed by atoms with Gasteiger partial charge in [0.1, 0.15) is 0 Å². The highest BCUT2D eigenvalue weighted by Gasteiger charge is 2.13. The first-order valence-electron chi connectivity index (χ1n) is 6.66. The van der Waals surface area contributed by atoms with Crippen molar-refractivity contribution in [3.63, 3.8) is 0 Å². The number of nitrogens with zero attached hydrogens (tertiary/aromatic N) is 3. The Balaban J connectivity index is 1.67. The summed E-state index contributed by atoms with van der Waals surface area (Å²) >= 11 is 1.52. The lowest BCUT2D eigenvalue weighted by atomic mass is 10.4. The molecular formula is C14H14N4O3S. The van der Waals surface area contributed by atoms with Crippen LogP contribution in [0.25, 0.3) is 10.7 Å². The predicted octanol–water partition coefficient (Wildman–Crippen LogP) is 1.33. The fourth-order valence-electron chi connectivity index (χ4n) is 2.02. The van der Waals surface area contributed by atoms with Gasteiger partial charge in [-0.2, -0.15) is 0 Å². The summed E-state index contributed by atoms with van der Waals surface area (Å²) in [5.41, 5.74) is -0.212. The molecule has 1 amide bonds. The summed E-state index contributed by atoms with van der Waals surface area (Å²) in [6.45, 7) is 0.588. The molecule has 8 heteroatoms. The highest BCUT2D eigenvalue weighted by molar-refractivity contribution is 7.13. The molecule has 7 nitrogen and oxygen atoms in total. The van der Waals surface area contributed by atoms with Crippen LogP contribution in [0, 0.1) is 0 Å². The van der Waals surface area contributed by atoms with Crippen molar-refractivity contribution in [1.29, 1.82) is 0 Å². The summed E-state index contributed by atoms with van der Waals surface area (Å²) < 4.78 is 7.84. The van der Waals surface area contributed by atoms with Crippen LogP contribution in [0.2, 0.25) is 0 Å². The van der Waals surface area contributed by atoms with Crippen LogP contribution >= 0.6 is 11.3 Å². The maximum absolute atomic E-state index is 12.1. The molecule has 1 N–H and O–H groups in total. The number of hydrogen-bond donors (Lipinski definition) is 1. The second kappa shape index (κ2) is 6.02. The van der Waals surface area contributed by atoms with Crippen LogP contribution in [0.1, 0.15) is 10.6 Å². The van der Waals surface area contributed by atoms with E-state index in [1.165, 1.54) is 26.8 Å². The zero-order valence-electron chi connectivity index (χ0n) is 11.9. The van der Waals surface area contributed by atoms with Crippen LogP contribution < -0.4 is 11.0 Å². The third-order valence-corrected chi connectivity index (χ3v) is 4.00. The van der Waals surface area contributed by atoms with E-state index in [0.717, 1.165) is 4.88 Å². The smallest absolute Gasteiger partial charge is 0.346 e. The van der Waals surface area contributed by atoms with Crippen LogP contribution in [-0.2, 0) is 13.6 Å².